The summed E-state index contributed by atoms with van der Waals surface area (Å²) in [6, 6.07) is 5.78. The molecule has 1 aromatic carbocycles. The molecule has 2 heterocycles. The quantitative estimate of drug-likeness (QED) is 0.837. The van der Waals surface area contributed by atoms with Crippen molar-refractivity contribution in [1.82, 2.24) is 10.2 Å². The third-order valence-corrected chi connectivity index (χ3v) is 5.32. The Hall–Kier alpha value is -2.20. The lowest BCUT2D eigenvalue weighted by molar-refractivity contribution is 0.330. The molecule has 0 radical (unpaired) electrons. The Labute approximate surface area is 162 Å². The van der Waals surface area contributed by atoms with Crippen molar-refractivity contribution >= 4 is 11.4 Å². The third kappa shape index (κ3) is 4.75. The molecule has 0 saturated carbocycles. The molecule has 1 N–H and O–H groups in total. The average Bonchev–Trinajstić information content (AvgIpc) is 3.10. The fourth-order valence-corrected chi connectivity index (χ4v) is 3.93. The van der Waals surface area contributed by atoms with E-state index in [-0.39, 0.29) is 5.82 Å². The van der Waals surface area contributed by atoms with Crippen molar-refractivity contribution < 1.29 is 4.39 Å². The summed E-state index contributed by atoms with van der Waals surface area (Å²) in [5.74, 6) is 0.635. The van der Waals surface area contributed by atoms with Gasteiger partial charge in [0.05, 0.1) is 6.04 Å². The Morgan fingerprint density at radius 1 is 1.37 bits per heavy atom. The lowest BCUT2D eigenvalue weighted by Gasteiger charge is -2.19. The van der Waals surface area contributed by atoms with Gasteiger partial charge < -0.3 is 10.2 Å². The van der Waals surface area contributed by atoms with Gasteiger partial charge in [0, 0.05) is 29.9 Å². The number of rotatable bonds is 3. The number of aryl methyl sites for hydroxylation is 1. The van der Waals surface area contributed by atoms with Gasteiger partial charge >= 0.3 is 0 Å². The van der Waals surface area contributed by atoms with Crippen LogP contribution in [0.2, 0.25) is 0 Å². The van der Waals surface area contributed by atoms with Crippen molar-refractivity contribution in [2.45, 2.75) is 45.6 Å². The van der Waals surface area contributed by atoms with Gasteiger partial charge in [0.1, 0.15) is 11.7 Å². The number of amidine groups is 1. The molecule has 144 valence electrons. The number of fused-ring (bicyclic) bond motifs is 4. The maximum atomic E-state index is 14.6. The highest BCUT2D eigenvalue weighted by Crippen LogP contribution is 2.26. The van der Waals surface area contributed by atoms with Gasteiger partial charge in [-0.1, -0.05) is 31.7 Å². The van der Waals surface area contributed by atoms with Crippen LogP contribution in [0.4, 0.5) is 4.39 Å². The average molecular weight is 368 g/mol. The van der Waals surface area contributed by atoms with Crippen LogP contribution < -0.4 is 5.32 Å². The van der Waals surface area contributed by atoms with E-state index >= 15 is 0 Å². The first-order valence-electron chi connectivity index (χ1n) is 9.98. The zero-order chi connectivity index (χ0) is 19.2. The molecule has 2 aliphatic heterocycles. The largest absolute Gasteiger partial charge is 0.344 e. The van der Waals surface area contributed by atoms with Gasteiger partial charge in [0.25, 0.3) is 0 Å². The number of hydrogen-bond donors (Lipinski definition) is 1. The van der Waals surface area contributed by atoms with Gasteiger partial charge in [0.15, 0.2) is 0 Å². The molecule has 3 nitrogen and oxygen atoms in total. The molecular formula is C23H30FN3. The van der Waals surface area contributed by atoms with Crippen LogP contribution in [-0.4, -0.2) is 36.4 Å². The van der Waals surface area contributed by atoms with E-state index in [0.717, 1.165) is 62.4 Å². The van der Waals surface area contributed by atoms with Gasteiger partial charge in [-0.2, -0.15) is 0 Å². The third-order valence-electron chi connectivity index (χ3n) is 5.32. The van der Waals surface area contributed by atoms with E-state index < -0.39 is 0 Å². The first kappa shape index (κ1) is 19.6. The van der Waals surface area contributed by atoms with Crippen molar-refractivity contribution in [3.8, 4) is 0 Å². The number of aliphatic imine (C=N–C) groups is 1. The summed E-state index contributed by atoms with van der Waals surface area (Å²) in [6.45, 7) is 11.2. The summed E-state index contributed by atoms with van der Waals surface area (Å²) < 4.78 is 14.6. The van der Waals surface area contributed by atoms with E-state index in [0.29, 0.717) is 11.6 Å². The Kier molecular flexibility index (Phi) is 6.62. The number of allylic oxidation sites excluding steroid dienone is 4. The SMILES string of the molecule is C=C/C1=C(\CC)NC(/C=C\C)=NC2CCN(CCCc3ccc(F)c1c3)C2. The van der Waals surface area contributed by atoms with E-state index in [1.54, 1.807) is 12.1 Å². The molecule has 2 atom stereocenters. The van der Waals surface area contributed by atoms with Crippen molar-refractivity contribution in [2.24, 2.45) is 4.99 Å². The Bertz CT molecular complexity index is 776. The fraction of sp³-hybridized carbons (Fsp3) is 0.435. The lowest BCUT2D eigenvalue weighted by atomic mass is 9.97. The molecule has 4 heteroatoms. The van der Waals surface area contributed by atoms with Crippen molar-refractivity contribution in [1.29, 1.82) is 0 Å². The van der Waals surface area contributed by atoms with Gasteiger partial charge in [-0.05, 0) is 62.9 Å². The van der Waals surface area contributed by atoms with E-state index in [2.05, 4.69) is 23.7 Å². The van der Waals surface area contributed by atoms with Crippen LogP contribution in [0, 0.1) is 5.82 Å². The van der Waals surface area contributed by atoms with Gasteiger partial charge in [-0.15, -0.1) is 0 Å². The Morgan fingerprint density at radius 2 is 2.22 bits per heavy atom. The highest BCUT2D eigenvalue weighted by atomic mass is 19.1. The lowest BCUT2D eigenvalue weighted by Crippen LogP contribution is -2.27. The summed E-state index contributed by atoms with van der Waals surface area (Å²) in [4.78, 5) is 7.44. The standard InChI is InChI=1S/C23H30FN3/c1-4-8-23-25-18-12-14-27(16-18)13-7-9-17-10-11-21(24)20(15-17)19(5-2)22(6-3)26-23/h4-5,8,10-11,15,18H,2,6-7,9,12-14,16H2,1,3H3,(H,25,26)/b8-4-,22-19-. The molecule has 2 unspecified atom stereocenters. The highest BCUT2D eigenvalue weighted by molar-refractivity contribution is 5.96. The molecule has 4 bridgehead atoms. The first-order valence-corrected chi connectivity index (χ1v) is 9.98. The highest BCUT2D eigenvalue weighted by Gasteiger charge is 2.22. The summed E-state index contributed by atoms with van der Waals surface area (Å²) in [5.41, 5.74) is 3.56. The molecule has 0 aromatic heterocycles. The van der Waals surface area contributed by atoms with Crippen LogP contribution in [0.5, 0.6) is 0 Å². The minimum absolute atomic E-state index is 0.207. The molecule has 1 fully saturated rings. The number of nitrogens with one attached hydrogen (secondary N) is 1. The maximum absolute atomic E-state index is 14.6. The van der Waals surface area contributed by atoms with Crippen LogP contribution in [0.15, 0.2) is 53.7 Å². The smallest absolute Gasteiger partial charge is 0.131 e. The number of hydrogen-bond acceptors (Lipinski definition) is 3. The van der Waals surface area contributed by atoms with Crippen LogP contribution in [0.1, 0.15) is 44.2 Å². The zero-order valence-electron chi connectivity index (χ0n) is 16.5. The minimum Gasteiger partial charge on any atom is -0.344 e. The summed E-state index contributed by atoms with van der Waals surface area (Å²) in [7, 11) is 0. The van der Waals surface area contributed by atoms with Crippen molar-refractivity contribution in [2.75, 3.05) is 19.6 Å². The zero-order valence-corrected chi connectivity index (χ0v) is 16.5. The van der Waals surface area contributed by atoms with Gasteiger partial charge in [-0.25, -0.2) is 4.39 Å². The molecule has 1 saturated heterocycles. The predicted octanol–water partition coefficient (Wildman–Crippen LogP) is 4.72. The predicted molar refractivity (Wildman–Crippen MR) is 112 cm³/mol. The second-order valence-corrected chi connectivity index (χ2v) is 7.25. The van der Waals surface area contributed by atoms with Crippen LogP contribution in [0.25, 0.3) is 5.57 Å². The second-order valence-electron chi connectivity index (χ2n) is 7.25. The molecule has 1 aromatic rings. The van der Waals surface area contributed by atoms with Crippen LogP contribution in [-0.2, 0) is 6.42 Å². The summed E-state index contributed by atoms with van der Waals surface area (Å²) in [6.07, 6.45) is 9.62. The van der Waals surface area contributed by atoms with E-state index in [1.165, 1.54) is 5.56 Å². The Morgan fingerprint density at radius 3 is 2.96 bits per heavy atom. The molecule has 3 rings (SSSR count). The molecular weight excluding hydrogens is 337 g/mol. The number of halogens is 1. The molecule has 0 spiro atoms. The van der Waals surface area contributed by atoms with Crippen molar-refractivity contribution in [3.05, 3.63) is 65.6 Å². The number of benzene rings is 1. The van der Waals surface area contributed by atoms with Crippen LogP contribution in [0.3, 0.4) is 0 Å². The fourth-order valence-electron chi connectivity index (χ4n) is 3.93. The second kappa shape index (κ2) is 9.14. The summed E-state index contributed by atoms with van der Waals surface area (Å²) in [5, 5.41) is 3.47. The van der Waals surface area contributed by atoms with Gasteiger partial charge in [-0.3, -0.25) is 4.99 Å². The maximum Gasteiger partial charge on any atom is 0.131 e. The number of nitrogens with zero attached hydrogens (tertiary/aromatic N) is 2. The molecule has 27 heavy (non-hydrogen) atoms. The topological polar surface area (TPSA) is 27.6 Å². The molecule has 0 aliphatic carbocycles. The van der Waals surface area contributed by atoms with E-state index in [9.17, 15) is 4.39 Å². The minimum atomic E-state index is -0.207. The van der Waals surface area contributed by atoms with E-state index in [4.69, 9.17) is 4.99 Å². The van der Waals surface area contributed by atoms with Crippen LogP contribution >= 0.6 is 0 Å². The molecule has 0 amide bonds. The van der Waals surface area contributed by atoms with Crippen molar-refractivity contribution in [3.63, 3.8) is 0 Å². The summed E-state index contributed by atoms with van der Waals surface area (Å²) >= 11 is 0. The monoisotopic (exact) mass is 367 g/mol. The van der Waals surface area contributed by atoms with Gasteiger partial charge in [0.2, 0.25) is 0 Å². The molecule has 2 aliphatic rings. The first-order chi connectivity index (χ1) is 13.1. The normalized spacial score (nSPS) is 26.4. The van der Waals surface area contributed by atoms with E-state index in [1.807, 2.05) is 31.2 Å². The Balaban J connectivity index is 2.09.